The maximum Gasteiger partial charge on any atom is 0.344 e. The van der Waals surface area contributed by atoms with E-state index in [4.69, 9.17) is 0 Å². The highest BCUT2D eigenvalue weighted by Crippen LogP contribution is 2.28. The molecule has 2 aliphatic rings. The van der Waals surface area contributed by atoms with E-state index in [-0.39, 0.29) is 30.0 Å². The number of amides is 3. The molecule has 2 saturated heterocycles. The molecule has 0 unspecified atom stereocenters. The van der Waals surface area contributed by atoms with Crippen LogP contribution >= 0.6 is 0 Å². The molecule has 0 spiro atoms. The zero-order chi connectivity index (χ0) is 15.7. The molecular formula is C14H16N4O4. The van der Waals surface area contributed by atoms with Gasteiger partial charge in [0, 0.05) is 12.7 Å². The molecule has 2 aliphatic heterocycles. The molecule has 1 aromatic heterocycles. The Morgan fingerprint density at radius 1 is 1.36 bits per heavy atom. The Labute approximate surface area is 126 Å². The predicted octanol–water partition coefficient (Wildman–Crippen LogP) is 0.0383. The summed E-state index contributed by atoms with van der Waals surface area (Å²) in [5, 5.41) is 12.8. The van der Waals surface area contributed by atoms with Crippen molar-refractivity contribution in [3.63, 3.8) is 0 Å². The van der Waals surface area contributed by atoms with Gasteiger partial charge >= 0.3 is 6.03 Å². The van der Waals surface area contributed by atoms with Crippen molar-refractivity contribution < 1.29 is 19.6 Å². The number of carbonyl (C=O) groups is 3. The minimum absolute atomic E-state index is 0.166. The molecule has 3 amide bonds. The molecular weight excluding hydrogens is 288 g/mol. The quantitative estimate of drug-likeness (QED) is 0.604. The van der Waals surface area contributed by atoms with Crippen LogP contribution in [0.2, 0.25) is 0 Å². The highest BCUT2D eigenvalue weighted by atomic mass is 16.5. The van der Waals surface area contributed by atoms with Gasteiger partial charge in [-0.15, -0.1) is 0 Å². The van der Waals surface area contributed by atoms with Crippen molar-refractivity contribution in [2.45, 2.75) is 24.9 Å². The average molecular weight is 304 g/mol. The first-order chi connectivity index (χ1) is 10.6. The average Bonchev–Trinajstić information content (AvgIpc) is 2.78. The Bertz CT molecular complexity index is 606. The van der Waals surface area contributed by atoms with E-state index in [1.807, 2.05) is 0 Å². The Morgan fingerprint density at radius 2 is 2.18 bits per heavy atom. The Hall–Kier alpha value is -2.48. The van der Waals surface area contributed by atoms with Gasteiger partial charge in [-0.25, -0.2) is 9.86 Å². The number of nitrogens with one attached hydrogen (secondary N) is 1. The van der Waals surface area contributed by atoms with E-state index in [0.29, 0.717) is 24.4 Å². The van der Waals surface area contributed by atoms with E-state index in [0.717, 1.165) is 0 Å². The molecule has 2 atom stereocenters. The van der Waals surface area contributed by atoms with E-state index >= 15 is 0 Å². The molecule has 0 saturated carbocycles. The second kappa shape index (κ2) is 5.72. The fourth-order valence-electron chi connectivity index (χ4n) is 2.83. The molecule has 22 heavy (non-hydrogen) atoms. The molecule has 8 nitrogen and oxygen atoms in total. The molecule has 8 heteroatoms. The third kappa shape index (κ3) is 2.52. The molecule has 2 fully saturated rings. The van der Waals surface area contributed by atoms with Gasteiger partial charge in [-0.1, -0.05) is 6.07 Å². The standard InChI is InChI=1S/C14H16N4O4/c19-12(10-3-1-2-6-15-10)7-16-13(20)11-5-4-9-8-17(11)14(21)18(9)22/h1-3,6,9,11,22H,4-5,7-8H2,(H,16,20)/t9-,11+/m1/s1. The van der Waals surface area contributed by atoms with E-state index in [2.05, 4.69) is 10.3 Å². The van der Waals surface area contributed by atoms with Gasteiger partial charge in [-0.2, -0.15) is 0 Å². The van der Waals surface area contributed by atoms with Crippen LogP contribution < -0.4 is 5.32 Å². The number of aromatic nitrogens is 1. The van der Waals surface area contributed by atoms with Gasteiger partial charge < -0.3 is 10.2 Å². The van der Waals surface area contributed by atoms with Crippen molar-refractivity contribution in [2.75, 3.05) is 13.1 Å². The van der Waals surface area contributed by atoms with Crippen LogP contribution in [0.4, 0.5) is 4.79 Å². The number of rotatable bonds is 4. The van der Waals surface area contributed by atoms with Crippen LogP contribution in [0.25, 0.3) is 0 Å². The number of hydrogen-bond donors (Lipinski definition) is 2. The Morgan fingerprint density at radius 3 is 2.91 bits per heavy atom. The minimum atomic E-state index is -0.641. The number of piperidine rings is 1. The molecule has 2 N–H and O–H groups in total. The smallest absolute Gasteiger partial charge is 0.344 e. The number of nitrogens with zero attached hydrogens (tertiary/aromatic N) is 3. The lowest BCUT2D eigenvalue weighted by Crippen LogP contribution is -2.50. The van der Waals surface area contributed by atoms with E-state index in [1.165, 1.54) is 11.1 Å². The van der Waals surface area contributed by atoms with Crippen LogP contribution in [0.3, 0.4) is 0 Å². The maximum absolute atomic E-state index is 12.2. The second-order valence-electron chi connectivity index (χ2n) is 5.38. The highest BCUT2D eigenvalue weighted by molar-refractivity contribution is 5.98. The number of urea groups is 1. The predicted molar refractivity (Wildman–Crippen MR) is 74.1 cm³/mol. The fraction of sp³-hybridized carbons (Fsp3) is 0.429. The summed E-state index contributed by atoms with van der Waals surface area (Å²) in [5.41, 5.74) is 0.283. The SMILES string of the molecule is O=C(CNC(=O)[C@@H]1CC[C@@H]2CN1C(=O)N2O)c1ccccn1. The highest BCUT2D eigenvalue weighted by Gasteiger charge is 2.46. The summed E-state index contributed by atoms with van der Waals surface area (Å²) in [6, 6.07) is 3.53. The lowest BCUT2D eigenvalue weighted by atomic mass is 10.0. The second-order valence-corrected chi connectivity index (χ2v) is 5.38. The molecule has 0 aliphatic carbocycles. The number of pyridine rings is 1. The Kier molecular flexibility index (Phi) is 3.76. The van der Waals surface area contributed by atoms with Crippen molar-refractivity contribution >= 4 is 17.7 Å². The summed E-state index contributed by atoms with van der Waals surface area (Å²) < 4.78 is 0. The first-order valence-electron chi connectivity index (χ1n) is 7.08. The number of Topliss-reactive ketones (excluding diaryl/α,β-unsaturated/α-hetero) is 1. The van der Waals surface area contributed by atoms with Gasteiger partial charge in [-0.05, 0) is 25.0 Å². The van der Waals surface area contributed by atoms with Crippen LogP contribution in [0.15, 0.2) is 24.4 Å². The normalized spacial score (nSPS) is 23.6. The van der Waals surface area contributed by atoms with Crippen molar-refractivity contribution in [3.8, 4) is 0 Å². The van der Waals surface area contributed by atoms with Gasteiger partial charge in [0.05, 0.1) is 12.6 Å². The van der Waals surface area contributed by atoms with Gasteiger partial charge in [0.15, 0.2) is 5.78 Å². The topological polar surface area (TPSA) is 103 Å². The third-order valence-electron chi connectivity index (χ3n) is 4.02. The van der Waals surface area contributed by atoms with Crippen molar-refractivity contribution in [2.24, 2.45) is 0 Å². The zero-order valence-electron chi connectivity index (χ0n) is 11.8. The minimum Gasteiger partial charge on any atom is -0.347 e. The van der Waals surface area contributed by atoms with Crippen LogP contribution in [-0.4, -0.2) is 63.0 Å². The van der Waals surface area contributed by atoms with Crippen molar-refractivity contribution in [1.82, 2.24) is 20.3 Å². The summed E-state index contributed by atoms with van der Waals surface area (Å²) in [7, 11) is 0. The zero-order valence-corrected chi connectivity index (χ0v) is 11.8. The number of hydrogen-bond acceptors (Lipinski definition) is 5. The van der Waals surface area contributed by atoms with Crippen molar-refractivity contribution in [3.05, 3.63) is 30.1 Å². The summed E-state index contributed by atoms with van der Waals surface area (Å²) in [6.07, 6.45) is 2.54. The van der Waals surface area contributed by atoms with Gasteiger partial charge in [0.2, 0.25) is 5.91 Å². The van der Waals surface area contributed by atoms with Crippen LogP contribution in [0.5, 0.6) is 0 Å². The Balaban J connectivity index is 1.59. The molecule has 3 heterocycles. The molecule has 2 bridgehead atoms. The third-order valence-corrected chi connectivity index (χ3v) is 4.02. The summed E-state index contributed by atoms with van der Waals surface area (Å²) in [6.45, 7) is 0.169. The largest absolute Gasteiger partial charge is 0.347 e. The lowest BCUT2D eigenvalue weighted by molar-refractivity contribution is -0.125. The first kappa shape index (κ1) is 14.5. The van der Waals surface area contributed by atoms with Crippen molar-refractivity contribution in [1.29, 1.82) is 0 Å². The molecule has 1 aromatic rings. The number of ketones is 1. The lowest BCUT2D eigenvalue weighted by Gasteiger charge is -2.29. The van der Waals surface area contributed by atoms with Gasteiger partial charge in [0.1, 0.15) is 11.7 Å². The molecule has 0 aromatic carbocycles. The monoisotopic (exact) mass is 304 g/mol. The summed E-state index contributed by atoms with van der Waals surface area (Å²) in [4.78, 5) is 41.2. The number of hydroxylamine groups is 2. The maximum atomic E-state index is 12.2. The molecule has 0 radical (unpaired) electrons. The van der Waals surface area contributed by atoms with E-state index in [9.17, 15) is 19.6 Å². The van der Waals surface area contributed by atoms with Crippen LogP contribution in [0, 0.1) is 0 Å². The molecule has 3 rings (SSSR count). The van der Waals surface area contributed by atoms with Crippen LogP contribution in [-0.2, 0) is 4.79 Å². The summed E-state index contributed by atoms with van der Waals surface area (Å²) in [5.74, 6) is -0.675. The van der Waals surface area contributed by atoms with E-state index < -0.39 is 12.1 Å². The van der Waals surface area contributed by atoms with E-state index in [1.54, 1.807) is 18.2 Å². The number of carbonyl (C=O) groups excluding carboxylic acids is 3. The number of fused-ring (bicyclic) bond motifs is 2. The summed E-state index contributed by atoms with van der Waals surface area (Å²) >= 11 is 0. The first-order valence-corrected chi connectivity index (χ1v) is 7.08. The van der Waals surface area contributed by atoms with Gasteiger partial charge in [0.25, 0.3) is 0 Å². The fourth-order valence-corrected chi connectivity index (χ4v) is 2.83. The van der Waals surface area contributed by atoms with Crippen LogP contribution in [0.1, 0.15) is 23.3 Å². The van der Waals surface area contributed by atoms with Gasteiger partial charge in [-0.3, -0.25) is 19.8 Å². The molecule has 116 valence electrons.